The molecule has 0 saturated carbocycles. The monoisotopic (exact) mass is 367 g/mol. The summed E-state index contributed by atoms with van der Waals surface area (Å²) in [5.41, 5.74) is 6.04. The number of rotatable bonds is 4. The molecule has 1 aromatic carbocycles. The van der Waals surface area contributed by atoms with Gasteiger partial charge in [-0.2, -0.15) is 0 Å². The Balaban J connectivity index is 2.08. The van der Waals surface area contributed by atoms with E-state index in [1.807, 2.05) is 31.2 Å². The molecule has 0 radical (unpaired) electrons. The molecule has 0 amide bonds. The second-order valence-corrected chi connectivity index (χ2v) is 7.18. The van der Waals surface area contributed by atoms with E-state index in [-0.39, 0.29) is 0 Å². The molecule has 2 rings (SSSR count). The molecule has 22 heavy (non-hydrogen) atoms. The molecule has 2 atom stereocenters. The minimum absolute atomic E-state index is 0.293. The molecule has 1 saturated heterocycles. The first-order valence-electron chi connectivity index (χ1n) is 7.98. The van der Waals surface area contributed by atoms with Gasteiger partial charge in [0, 0.05) is 17.6 Å². The number of nitrogens with zero attached hydrogens (tertiary/aromatic N) is 2. The van der Waals surface area contributed by atoms with Crippen molar-refractivity contribution in [3.05, 3.63) is 34.3 Å². The van der Waals surface area contributed by atoms with Crippen molar-refractivity contribution in [2.75, 3.05) is 19.6 Å². The average Bonchev–Trinajstić information content (AvgIpc) is 2.53. The summed E-state index contributed by atoms with van der Waals surface area (Å²) in [6.07, 6.45) is 3.01. The summed E-state index contributed by atoms with van der Waals surface area (Å²) in [6, 6.07) is 7.75. The SMILES string of the molecule is CCC(O)(CN=C(N)N1CCCC(C)C1)c1ccc(Br)cc1. The number of guanidine groups is 1. The first-order valence-corrected chi connectivity index (χ1v) is 8.77. The van der Waals surface area contributed by atoms with Crippen LogP contribution < -0.4 is 5.73 Å². The molecule has 1 aliphatic heterocycles. The van der Waals surface area contributed by atoms with Gasteiger partial charge in [0.25, 0.3) is 0 Å². The maximum atomic E-state index is 10.9. The zero-order chi connectivity index (χ0) is 16.2. The highest BCUT2D eigenvalue weighted by molar-refractivity contribution is 9.10. The van der Waals surface area contributed by atoms with Crippen molar-refractivity contribution in [2.45, 2.75) is 38.7 Å². The molecule has 0 aromatic heterocycles. The zero-order valence-corrected chi connectivity index (χ0v) is 15.0. The fourth-order valence-corrected chi connectivity index (χ4v) is 3.14. The van der Waals surface area contributed by atoms with Gasteiger partial charge < -0.3 is 15.7 Å². The average molecular weight is 368 g/mol. The molecule has 0 bridgehead atoms. The molecule has 5 heteroatoms. The Morgan fingerprint density at radius 3 is 2.73 bits per heavy atom. The summed E-state index contributed by atoms with van der Waals surface area (Å²) in [4.78, 5) is 6.61. The van der Waals surface area contributed by atoms with Crippen LogP contribution >= 0.6 is 15.9 Å². The Kier molecular flexibility index (Phi) is 5.87. The highest BCUT2D eigenvalue weighted by Crippen LogP contribution is 2.27. The van der Waals surface area contributed by atoms with Crippen LogP contribution in [0.2, 0.25) is 0 Å². The second-order valence-electron chi connectivity index (χ2n) is 6.26. The van der Waals surface area contributed by atoms with Gasteiger partial charge in [-0.15, -0.1) is 0 Å². The Morgan fingerprint density at radius 2 is 2.14 bits per heavy atom. The summed E-state index contributed by atoms with van der Waals surface area (Å²) < 4.78 is 1.00. The lowest BCUT2D eigenvalue weighted by Gasteiger charge is -2.32. The van der Waals surface area contributed by atoms with Crippen LogP contribution in [0.25, 0.3) is 0 Å². The van der Waals surface area contributed by atoms with Crippen LogP contribution in [-0.2, 0) is 5.60 Å². The quantitative estimate of drug-likeness (QED) is 0.634. The van der Waals surface area contributed by atoms with Gasteiger partial charge in [0.2, 0.25) is 0 Å². The third-order valence-corrected chi connectivity index (χ3v) is 4.98. The first kappa shape index (κ1) is 17.3. The van der Waals surface area contributed by atoms with Crippen molar-refractivity contribution in [3.8, 4) is 0 Å². The molecule has 0 aliphatic carbocycles. The van der Waals surface area contributed by atoms with Crippen LogP contribution in [0, 0.1) is 5.92 Å². The highest BCUT2D eigenvalue weighted by Gasteiger charge is 2.27. The van der Waals surface area contributed by atoms with Gasteiger partial charge >= 0.3 is 0 Å². The molecular weight excluding hydrogens is 342 g/mol. The lowest BCUT2D eigenvalue weighted by atomic mass is 9.91. The largest absolute Gasteiger partial charge is 0.383 e. The maximum Gasteiger partial charge on any atom is 0.191 e. The fraction of sp³-hybridized carbons (Fsp3) is 0.588. The smallest absolute Gasteiger partial charge is 0.191 e. The fourth-order valence-electron chi connectivity index (χ4n) is 2.88. The minimum atomic E-state index is -0.966. The lowest BCUT2D eigenvalue weighted by Crippen LogP contribution is -2.44. The number of aliphatic hydroxyl groups is 1. The minimum Gasteiger partial charge on any atom is -0.383 e. The number of benzene rings is 1. The predicted octanol–water partition coefficient (Wildman–Crippen LogP) is 3.09. The molecule has 4 nitrogen and oxygen atoms in total. The number of likely N-dealkylation sites (tertiary alicyclic amines) is 1. The second kappa shape index (κ2) is 7.47. The number of aliphatic imine (C=N–C) groups is 1. The number of hydrogen-bond donors (Lipinski definition) is 2. The van der Waals surface area contributed by atoms with E-state index in [4.69, 9.17) is 5.73 Å². The number of nitrogens with two attached hydrogens (primary N) is 1. The summed E-state index contributed by atoms with van der Waals surface area (Å²) in [5.74, 6) is 1.20. The molecule has 2 unspecified atom stereocenters. The van der Waals surface area contributed by atoms with E-state index in [1.165, 1.54) is 6.42 Å². The van der Waals surface area contributed by atoms with Gasteiger partial charge in [0.15, 0.2) is 5.96 Å². The number of hydrogen-bond acceptors (Lipinski definition) is 2. The molecule has 1 heterocycles. The molecule has 1 aromatic rings. The normalized spacial score (nSPS) is 22.5. The van der Waals surface area contributed by atoms with E-state index in [0.717, 1.165) is 29.5 Å². The topological polar surface area (TPSA) is 61.9 Å². The van der Waals surface area contributed by atoms with Crippen molar-refractivity contribution in [3.63, 3.8) is 0 Å². The van der Waals surface area contributed by atoms with E-state index < -0.39 is 5.60 Å². The van der Waals surface area contributed by atoms with Crippen LogP contribution in [0.1, 0.15) is 38.7 Å². The summed E-state index contributed by atoms with van der Waals surface area (Å²) in [7, 11) is 0. The van der Waals surface area contributed by atoms with E-state index in [2.05, 4.69) is 32.7 Å². The Bertz CT molecular complexity index is 517. The van der Waals surface area contributed by atoms with Gasteiger partial charge in [0.1, 0.15) is 5.60 Å². The third-order valence-electron chi connectivity index (χ3n) is 4.45. The number of halogens is 1. The zero-order valence-electron chi connectivity index (χ0n) is 13.4. The molecule has 1 fully saturated rings. The van der Waals surface area contributed by atoms with E-state index in [0.29, 0.717) is 24.8 Å². The van der Waals surface area contributed by atoms with Crippen molar-refractivity contribution >= 4 is 21.9 Å². The van der Waals surface area contributed by atoms with Crippen LogP contribution in [0.15, 0.2) is 33.7 Å². The predicted molar refractivity (Wildman–Crippen MR) is 94.8 cm³/mol. The van der Waals surface area contributed by atoms with Gasteiger partial charge in [-0.05, 0) is 42.9 Å². The molecule has 3 N–H and O–H groups in total. The van der Waals surface area contributed by atoms with Crippen LogP contribution in [0.3, 0.4) is 0 Å². The first-order chi connectivity index (χ1) is 10.4. The van der Waals surface area contributed by atoms with E-state index >= 15 is 0 Å². The van der Waals surface area contributed by atoms with Gasteiger partial charge in [-0.3, -0.25) is 0 Å². The summed E-state index contributed by atoms with van der Waals surface area (Å²) in [6.45, 7) is 6.42. The molecule has 122 valence electrons. The summed E-state index contributed by atoms with van der Waals surface area (Å²) >= 11 is 3.42. The van der Waals surface area contributed by atoms with Crippen LogP contribution in [-0.4, -0.2) is 35.6 Å². The summed E-state index contributed by atoms with van der Waals surface area (Å²) in [5, 5.41) is 10.9. The Morgan fingerprint density at radius 1 is 1.45 bits per heavy atom. The van der Waals surface area contributed by atoms with E-state index in [1.54, 1.807) is 0 Å². The van der Waals surface area contributed by atoms with Crippen LogP contribution in [0.4, 0.5) is 0 Å². The van der Waals surface area contributed by atoms with Gasteiger partial charge in [-0.25, -0.2) is 4.99 Å². The lowest BCUT2D eigenvalue weighted by molar-refractivity contribution is 0.0420. The van der Waals surface area contributed by atoms with Gasteiger partial charge in [0.05, 0.1) is 6.54 Å². The third kappa shape index (κ3) is 4.23. The molecular formula is C17H26BrN3O. The van der Waals surface area contributed by atoms with Crippen molar-refractivity contribution in [1.82, 2.24) is 4.90 Å². The van der Waals surface area contributed by atoms with E-state index in [9.17, 15) is 5.11 Å². The Hall–Kier alpha value is -1.07. The number of piperidine rings is 1. The maximum absolute atomic E-state index is 10.9. The van der Waals surface area contributed by atoms with Crippen LogP contribution in [0.5, 0.6) is 0 Å². The van der Waals surface area contributed by atoms with Crippen molar-refractivity contribution in [1.29, 1.82) is 0 Å². The molecule has 1 aliphatic rings. The van der Waals surface area contributed by atoms with Crippen molar-refractivity contribution < 1.29 is 5.11 Å². The standard InChI is InChI=1S/C17H26BrN3O/c1-3-17(22,14-6-8-15(18)9-7-14)12-20-16(19)21-10-4-5-13(2)11-21/h6-9,13,22H,3-5,10-12H2,1-2H3,(H2,19,20). The highest BCUT2D eigenvalue weighted by atomic mass is 79.9. The molecule has 0 spiro atoms. The van der Waals surface area contributed by atoms with Crippen molar-refractivity contribution in [2.24, 2.45) is 16.6 Å². The Labute approximate surface area is 141 Å². The van der Waals surface area contributed by atoms with Gasteiger partial charge in [-0.1, -0.05) is 41.9 Å².